The maximum atomic E-state index is 12.9. The molecule has 1 N–H and O–H groups in total. The number of carbonyl (C=O) groups excluding carboxylic acids is 1. The second-order valence-electron chi connectivity index (χ2n) is 6.03. The Balaban J connectivity index is 1.88. The molecule has 5 nitrogen and oxygen atoms in total. The lowest BCUT2D eigenvalue weighted by atomic mass is 10.1. The van der Waals surface area contributed by atoms with Crippen LogP contribution in [0.4, 0.5) is 0 Å². The van der Waals surface area contributed by atoms with Crippen molar-refractivity contribution >= 4 is 16.8 Å². The van der Waals surface area contributed by atoms with Crippen molar-refractivity contribution in [3.8, 4) is 0 Å². The summed E-state index contributed by atoms with van der Waals surface area (Å²) < 4.78 is 0. The molecule has 0 radical (unpaired) electrons. The Labute approximate surface area is 135 Å². The van der Waals surface area contributed by atoms with E-state index in [-0.39, 0.29) is 5.91 Å². The van der Waals surface area contributed by atoms with Crippen molar-refractivity contribution < 1.29 is 4.79 Å². The maximum absolute atomic E-state index is 12.9. The van der Waals surface area contributed by atoms with Gasteiger partial charge in [-0.25, -0.2) is 4.98 Å². The van der Waals surface area contributed by atoms with Crippen LogP contribution in [0.3, 0.4) is 0 Å². The number of hydrogen-bond acceptors (Lipinski definition) is 3. The molecule has 0 bridgehead atoms. The summed E-state index contributed by atoms with van der Waals surface area (Å²) in [5.74, 6) is 1.14. The van der Waals surface area contributed by atoms with Crippen LogP contribution >= 0.6 is 0 Å². The molecule has 0 unspecified atom stereocenters. The third-order valence-corrected chi connectivity index (χ3v) is 3.61. The first-order valence-corrected chi connectivity index (χ1v) is 7.76. The van der Waals surface area contributed by atoms with E-state index in [0.717, 1.165) is 16.7 Å². The van der Waals surface area contributed by atoms with E-state index in [4.69, 9.17) is 0 Å². The summed E-state index contributed by atoms with van der Waals surface area (Å²) in [5.41, 5.74) is 1.50. The van der Waals surface area contributed by atoms with E-state index in [1.807, 2.05) is 35.2 Å². The largest absolute Gasteiger partial charge is 0.347 e. The normalized spacial score (nSPS) is 11.1. The fourth-order valence-corrected chi connectivity index (χ4v) is 2.60. The molecule has 1 amide bonds. The number of nitrogens with zero attached hydrogens (tertiary/aromatic N) is 3. The van der Waals surface area contributed by atoms with Crippen LogP contribution in [-0.2, 0) is 6.54 Å². The van der Waals surface area contributed by atoms with Gasteiger partial charge >= 0.3 is 0 Å². The van der Waals surface area contributed by atoms with Gasteiger partial charge in [-0.15, -0.1) is 0 Å². The van der Waals surface area contributed by atoms with Gasteiger partial charge in [0.25, 0.3) is 5.91 Å². The third kappa shape index (κ3) is 3.56. The number of benzene rings is 1. The molecule has 0 atom stereocenters. The van der Waals surface area contributed by atoms with Crippen LogP contribution in [0.25, 0.3) is 10.9 Å². The lowest BCUT2D eigenvalue weighted by Gasteiger charge is -2.23. The van der Waals surface area contributed by atoms with E-state index in [0.29, 0.717) is 24.6 Å². The summed E-state index contributed by atoms with van der Waals surface area (Å²) >= 11 is 0. The number of imidazole rings is 1. The van der Waals surface area contributed by atoms with Gasteiger partial charge < -0.3 is 9.88 Å². The topological polar surface area (TPSA) is 61.9 Å². The van der Waals surface area contributed by atoms with Gasteiger partial charge in [0.2, 0.25) is 0 Å². The molecule has 0 spiro atoms. The quantitative estimate of drug-likeness (QED) is 0.787. The second-order valence-corrected chi connectivity index (χ2v) is 6.03. The van der Waals surface area contributed by atoms with Crippen LogP contribution in [0.15, 0.2) is 48.9 Å². The fourth-order valence-electron chi connectivity index (χ4n) is 2.60. The van der Waals surface area contributed by atoms with Crippen molar-refractivity contribution in [1.29, 1.82) is 0 Å². The van der Waals surface area contributed by atoms with Crippen molar-refractivity contribution in [3.05, 3.63) is 60.3 Å². The molecule has 0 aliphatic carbocycles. The number of aromatic amines is 1. The van der Waals surface area contributed by atoms with Gasteiger partial charge in [0, 0.05) is 30.5 Å². The van der Waals surface area contributed by atoms with E-state index >= 15 is 0 Å². The van der Waals surface area contributed by atoms with Gasteiger partial charge in [-0.2, -0.15) is 0 Å². The highest BCUT2D eigenvalue weighted by molar-refractivity contribution is 5.97. The first-order valence-electron chi connectivity index (χ1n) is 7.76. The second kappa shape index (κ2) is 6.60. The zero-order valence-corrected chi connectivity index (χ0v) is 13.4. The lowest BCUT2D eigenvalue weighted by Crippen LogP contribution is -2.34. The number of aromatic nitrogens is 3. The fraction of sp³-hybridized carbons (Fsp3) is 0.278. The Morgan fingerprint density at radius 2 is 2.09 bits per heavy atom. The molecule has 2 heterocycles. The molecule has 2 aromatic heterocycles. The molecule has 1 aromatic carbocycles. The summed E-state index contributed by atoms with van der Waals surface area (Å²) in [6, 6.07) is 9.71. The number of fused-ring (bicyclic) bond motifs is 1. The molecule has 0 saturated carbocycles. The lowest BCUT2D eigenvalue weighted by molar-refractivity contribution is 0.0718. The summed E-state index contributed by atoms with van der Waals surface area (Å²) in [6.07, 6.45) is 5.12. The Bertz CT molecular complexity index is 796. The van der Waals surface area contributed by atoms with E-state index in [1.165, 1.54) is 0 Å². The zero-order chi connectivity index (χ0) is 16.2. The van der Waals surface area contributed by atoms with E-state index in [9.17, 15) is 4.79 Å². The van der Waals surface area contributed by atoms with Crippen LogP contribution < -0.4 is 0 Å². The number of H-pyrrole nitrogens is 1. The molecular formula is C18H20N4O. The Morgan fingerprint density at radius 1 is 1.26 bits per heavy atom. The van der Waals surface area contributed by atoms with E-state index in [2.05, 4.69) is 28.8 Å². The van der Waals surface area contributed by atoms with Crippen LogP contribution in [-0.4, -0.2) is 32.3 Å². The van der Waals surface area contributed by atoms with Crippen molar-refractivity contribution in [3.63, 3.8) is 0 Å². The minimum absolute atomic E-state index is 0.0200. The first kappa shape index (κ1) is 15.2. The number of nitrogens with one attached hydrogen (secondary N) is 1. The smallest absolute Gasteiger partial charge is 0.255 e. The summed E-state index contributed by atoms with van der Waals surface area (Å²) in [4.78, 5) is 26.4. The molecule has 5 heteroatoms. The summed E-state index contributed by atoms with van der Waals surface area (Å²) in [6.45, 7) is 5.34. The minimum atomic E-state index is -0.0200. The molecule has 0 saturated heterocycles. The van der Waals surface area contributed by atoms with Gasteiger partial charge in [0.1, 0.15) is 5.82 Å². The molecule has 0 aliphatic rings. The molecular weight excluding hydrogens is 288 g/mol. The zero-order valence-electron chi connectivity index (χ0n) is 13.4. The van der Waals surface area contributed by atoms with Crippen molar-refractivity contribution in [1.82, 2.24) is 19.9 Å². The average molecular weight is 308 g/mol. The van der Waals surface area contributed by atoms with Gasteiger partial charge in [0.05, 0.1) is 17.6 Å². The minimum Gasteiger partial charge on any atom is -0.347 e. The number of para-hydroxylation sites is 1. The number of pyridine rings is 1. The molecule has 3 aromatic rings. The van der Waals surface area contributed by atoms with Crippen LogP contribution in [0.1, 0.15) is 30.0 Å². The highest BCUT2D eigenvalue weighted by Crippen LogP contribution is 2.16. The van der Waals surface area contributed by atoms with Crippen LogP contribution in [0, 0.1) is 5.92 Å². The number of amides is 1. The monoisotopic (exact) mass is 308 g/mol. The Morgan fingerprint density at radius 3 is 2.83 bits per heavy atom. The molecule has 0 aliphatic heterocycles. The van der Waals surface area contributed by atoms with E-state index < -0.39 is 0 Å². The number of rotatable bonds is 5. The van der Waals surface area contributed by atoms with Crippen molar-refractivity contribution in [2.45, 2.75) is 20.4 Å². The van der Waals surface area contributed by atoms with Crippen LogP contribution in [0.5, 0.6) is 0 Å². The predicted molar refractivity (Wildman–Crippen MR) is 89.9 cm³/mol. The third-order valence-electron chi connectivity index (χ3n) is 3.61. The van der Waals surface area contributed by atoms with Gasteiger partial charge in [-0.1, -0.05) is 32.0 Å². The average Bonchev–Trinajstić information content (AvgIpc) is 3.06. The molecule has 23 heavy (non-hydrogen) atoms. The highest BCUT2D eigenvalue weighted by Gasteiger charge is 2.19. The summed E-state index contributed by atoms with van der Waals surface area (Å²) in [5, 5.41) is 0.973. The standard InChI is InChI=1S/C18H20N4O/c1-13(2)11-22(12-17-19-7-8-20-17)18(23)15-9-14-5-3-4-6-16(14)21-10-15/h3-10,13H,11-12H2,1-2H3,(H,19,20). The summed E-state index contributed by atoms with van der Waals surface area (Å²) in [7, 11) is 0. The highest BCUT2D eigenvalue weighted by atomic mass is 16.2. The Hall–Kier alpha value is -2.69. The van der Waals surface area contributed by atoms with Crippen LogP contribution in [0.2, 0.25) is 0 Å². The van der Waals surface area contributed by atoms with Gasteiger partial charge in [0.15, 0.2) is 0 Å². The van der Waals surface area contributed by atoms with Gasteiger partial charge in [-0.05, 0) is 18.1 Å². The SMILES string of the molecule is CC(C)CN(Cc1ncc[nH]1)C(=O)c1cnc2ccccc2c1. The number of hydrogen-bond donors (Lipinski definition) is 1. The molecule has 0 fully saturated rings. The molecule has 3 rings (SSSR count). The Kier molecular flexibility index (Phi) is 4.37. The molecule has 118 valence electrons. The van der Waals surface area contributed by atoms with Crippen molar-refractivity contribution in [2.75, 3.05) is 6.54 Å². The number of carbonyl (C=O) groups is 1. The van der Waals surface area contributed by atoms with Crippen molar-refractivity contribution in [2.24, 2.45) is 5.92 Å². The first-order chi connectivity index (χ1) is 11.1. The predicted octanol–water partition coefficient (Wildman–Crippen LogP) is 3.26. The van der Waals surface area contributed by atoms with Gasteiger partial charge in [-0.3, -0.25) is 9.78 Å². The van der Waals surface area contributed by atoms with E-state index in [1.54, 1.807) is 18.6 Å². The maximum Gasteiger partial charge on any atom is 0.255 e.